The highest BCUT2D eigenvalue weighted by Crippen LogP contribution is 2.24. The summed E-state index contributed by atoms with van der Waals surface area (Å²) in [5.74, 6) is 0. The second-order valence-corrected chi connectivity index (χ2v) is 4.65. The summed E-state index contributed by atoms with van der Waals surface area (Å²) in [6.07, 6.45) is 1.03. The summed E-state index contributed by atoms with van der Waals surface area (Å²) in [7, 11) is 2.11. The highest BCUT2D eigenvalue weighted by molar-refractivity contribution is 5.13. The number of benzene rings is 1. The van der Waals surface area contributed by atoms with Gasteiger partial charge in [-0.2, -0.15) is 0 Å². The molecule has 88 valence electrons. The highest BCUT2D eigenvalue weighted by atomic mass is 16.5. The van der Waals surface area contributed by atoms with Crippen LogP contribution in [0.25, 0.3) is 0 Å². The van der Waals surface area contributed by atoms with Gasteiger partial charge in [-0.3, -0.25) is 0 Å². The van der Waals surface area contributed by atoms with Crippen LogP contribution in [0.1, 0.15) is 12.0 Å². The Morgan fingerprint density at radius 2 is 2.12 bits per heavy atom. The van der Waals surface area contributed by atoms with Crippen molar-refractivity contribution in [2.45, 2.75) is 18.6 Å². The summed E-state index contributed by atoms with van der Waals surface area (Å²) in [6.45, 7) is 3.28. The second kappa shape index (κ2) is 4.95. The molecule has 2 N–H and O–H groups in total. The van der Waals surface area contributed by atoms with Gasteiger partial charge in [-0.1, -0.05) is 30.3 Å². The van der Waals surface area contributed by atoms with E-state index in [9.17, 15) is 0 Å². The summed E-state index contributed by atoms with van der Waals surface area (Å²) >= 11 is 0. The van der Waals surface area contributed by atoms with Gasteiger partial charge >= 0.3 is 0 Å². The van der Waals surface area contributed by atoms with Crippen LogP contribution in [0.3, 0.4) is 0 Å². The third-order valence-corrected chi connectivity index (χ3v) is 3.27. The maximum absolute atomic E-state index is 6.03. The van der Waals surface area contributed by atoms with Gasteiger partial charge in [0.1, 0.15) is 0 Å². The molecule has 3 nitrogen and oxygen atoms in total. The lowest BCUT2D eigenvalue weighted by Crippen LogP contribution is -2.42. The number of nitrogens with zero attached hydrogens (tertiary/aromatic N) is 1. The Kier molecular flexibility index (Phi) is 3.59. The van der Waals surface area contributed by atoms with E-state index in [1.54, 1.807) is 0 Å². The third-order valence-electron chi connectivity index (χ3n) is 3.27. The molecule has 0 bridgehead atoms. The fourth-order valence-electron chi connectivity index (χ4n) is 2.20. The lowest BCUT2D eigenvalue weighted by molar-refractivity contribution is -0.0405. The van der Waals surface area contributed by atoms with Gasteiger partial charge in [-0.15, -0.1) is 0 Å². The minimum atomic E-state index is -0.134. The quantitative estimate of drug-likeness (QED) is 0.829. The first kappa shape index (κ1) is 11.6. The summed E-state index contributed by atoms with van der Waals surface area (Å²) in [6, 6.07) is 10.3. The van der Waals surface area contributed by atoms with Crippen molar-refractivity contribution in [3.8, 4) is 0 Å². The summed E-state index contributed by atoms with van der Waals surface area (Å²) in [4.78, 5) is 2.28. The lowest BCUT2D eigenvalue weighted by atomic mass is 10.0. The molecule has 2 rings (SSSR count). The van der Waals surface area contributed by atoms with Crippen molar-refractivity contribution in [3.63, 3.8) is 0 Å². The topological polar surface area (TPSA) is 38.5 Å². The van der Waals surface area contributed by atoms with E-state index in [0.717, 1.165) is 19.5 Å². The molecule has 0 saturated carbocycles. The zero-order valence-electron chi connectivity index (χ0n) is 9.86. The molecule has 1 heterocycles. The summed E-state index contributed by atoms with van der Waals surface area (Å²) < 4.78 is 6.03. The maximum atomic E-state index is 6.03. The van der Waals surface area contributed by atoms with Crippen LogP contribution in [0.2, 0.25) is 0 Å². The number of likely N-dealkylation sites (N-methyl/N-ethyl adjacent to an activating group) is 1. The first-order valence-electron chi connectivity index (χ1n) is 5.81. The molecule has 1 aliphatic rings. The van der Waals surface area contributed by atoms with Crippen LogP contribution in [0.5, 0.6) is 0 Å². The Balaban J connectivity index is 1.93. The van der Waals surface area contributed by atoms with Gasteiger partial charge in [-0.05, 0) is 19.0 Å². The van der Waals surface area contributed by atoms with Crippen molar-refractivity contribution in [2.75, 3.05) is 26.7 Å². The first-order valence-corrected chi connectivity index (χ1v) is 5.81. The molecule has 1 saturated heterocycles. The lowest BCUT2D eigenvalue weighted by Gasteiger charge is -2.27. The molecule has 1 atom stereocenters. The monoisotopic (exact) mass is 220 g/mol. The fraction of sp³-hybridized carbons (Fsp3) is 0.538. The van der Waals surface area contributed by atoms with Crippen LogP contribution in [0.15, 0.2) is 30.3 Å². The molecule has 0 spiro atoms. The van der Waals surface area contributed by atoms with Gasteiger partial charge in [0.05, 0.1) is 12.2 Å². The number of nitrogens with two attached hydrogens (primary N) is 1. The Hall–Kier alpha value is -0.900. The molecular formula is C13H20N2O. The molecule has 1 aliphatic heterocycles. The number of likely N-dealkylation sites (tertiary alicyclic amines) is 1. The van der Waals surface area contributed by atoms with Crippen LogP contribution in [-0.4, -0.2) is 37.2 Å². The van der Waals surface area contributed by atoms with Crippen molar-refractivity contribution in [1.29, 1.82) is 0 Å². The Morgan fingerprint density at radius 3 is 2.69 bits per heavy atom. The molecule has 0 aromatic heterocycles. The Bertz CT molecular complexity index is 328. The minimum Gasteiger partial charge on any atom is -0.368 e. The van der Waals surface area contributed by atoms with E-state index in [2.05, 4.69) is 24.1 Å². The van der Waals surface area contributed by atoms with Crippen molar-refractivity contribution in [1.82, 2.24) is 4.90 Å². The van der Waals surface area contributed by atoms with Crippen LogP contribution in [0, 0.1) is 0 Å². The third kappa shape index (κ3) is 2.61. The molecule has 0 radical (unpaired) electrons. The highest BCUT2D eigenvalue weighted by Gasteiger charge is 2.36. The largest absolute Gasteiger partial charge is 0.368 e. The average molecular weight is 220 g/mol. The summed E-state index contributed by atoms with van der Waals surface area (Å²) in [5.41, 5.74) is 6.92. The Labute approximate surface area is 97.2 Å². The van der Waals surface area contributed by atoms with Gasteiger partial charge in [0, 0.05) is 19.6 Å². The SMILES string of the molecule is CN1CCC(CN)(OCc2ccccc2)C1. The smallest absolute Gasteiger partial charge is 0.0946 e. The minimum absolute atomic E-state index is 0.134. The second-order valence-electron chi connectivity index (χ2n) is 4.65. The van der Waals surface area contributed by atoms with E-state index in [4.69, 9.17) is 10.5 Å². The van der Waals surface area contributed by atoms with Crippen LogP contribution in [-0.2, 0) is 11.3 Å². The molecule has 0 aliphatic carbocycles. The normalized spacial score (nSPS) is 26.1. The zero-order valence-corrected chi connectivity index (χ0v) is 9.86. The van der Waals surface area contributed by atoms with E-state index < -0.39 is 0 Å². The van der Waals surface area contributed by atoms with Crippen LogP contribution < -0.4 is 5.73 Å². The van der Waals surface area contributed by atoms with Gasteiger partial charge < -0.3 is 15.4 Å². The molecule has 0 amide bonds. The summed E-state index contributed by atoms with van der Waals surface area (Å²) in [5, 5.41) is 0. The average Bonchev–Trinajstić information content (AvgIpc) is 2.71. The molecule has 1 fully saturated rings. The van der Waals surface area contributed by atoms with Gasteiger partial charge in [0.25, 0.3) is 0 Å². The molecule has 1 unspecified atom stereocenters. The maximum Gasteiger partial charge on any atom is 0.0946 e. The van der Waals surface area contributed by atoms with Crippen molar-refractivity contribution in [3.05, 3.63) is 35.9 Å². The molecule has 3 heteroatoms. The van der Waals surface area contributed by atoms with E-state index in [0.29, 0.717) is 13.2 Å². The standard InChI is InChI=1S/C13H20N2O/c1-15-8-7-13(10-14,11-15)16-9-12-5-3-2-4-6-12/h2-6H,7-11,14H2,1H3. The van der Waals surface area contributed by atoms with E-state index in [-0.39, 0.29) is 5.60 Å². The van der Waals surface area contributed by atoms with Crippen LogP contribution >= 0.6 is 0 Å². The van der Waals surface area contributed by atoms with Crippen LogP contribution in [0.4, 0.5) is 0 Å². The van der Waals surface area contributed by atoms with E-state index >= 15 is 0 Å². The van der Waals surface area contributed by atoms with Gasteiger partial charge in [0.15, 0.2) is 0 Å². The van der Waals surface area contributed by atoms with Crippen molar-refractivity contribution >= 4 is 0 Å². The Morgan fingerprint density at radius 1 is 1.38 bits per heavy atom. The molecular weight excluding hydrogens is 200 g/mol. The zero-order chi connectivity index (χ0) is 11.4. The number of hydrogen-bond donors (Lipinski definition) is 1. The first-order chi connectivity index (χ1) is 7.74. The molecule has 1 aromatic carbocycles. The van der Waals surface area contributed by atoms with Gasteiger partial charge in [-0.25, -0.2) is 0 Å². The van der Waals surface area contributed by atoms with Gasteiger partial charge in [0.2, 0.25) is 0 Å². The predicted octanol–water partition coefficient (Wildman–Crippen LogP) is 1.24. The fourth-order valence-corrected chi connectivity index (χ4v) is 2.20. The number of hydrogen-bond acceptors (Lipinski definition) is 3. The number of ether oxygens (including phenoxy) is 1. The molecule has 1 aromatic rings. The molecule has 16 heavy (non-hydrogen) atoms. The van der Waals surface area contributed by atoms with E-state index in [1.807, 2.05) is 18.2 Å². The van der Waals surface area contributed by atoms with E-state index in [1.165, 1.54) is 5.56 Å². The van der Waals surface area contributed by atoms with Crippen molar-refractivity contribution in [2.24, 2.45) is 5.73 Å². The van der Waals surface area contributed by atoms with Crippen molar-refractivity contribution < 1.29 is 4.74 Å². The number of rotatable bonds is 4. The predicted molar refractivity (Wildman–Crippen MR) is 65.1 cm³/mol.